The van der Waals surface area contributed by atoms with E-state index in [4.69, 9.17) is 17.3 Å². The Morgan fingerprint density at radius 2 is 1.97 bits per heavy atom. The summed E-state index contributed by atoms with van der Waals surface area (Å²) in [5, 5.41) is 15.9. The fourth-order valence-electron chi connectivity index (χ4n) is 5.58. The number of halogens is 1. The number of hydrogen-bond donors (Lipinski definition) is 4. The smallest absolute Gasteiger partial charge is 0.324 e. The minimum absolute atomic E-state index is 0.0664. The summed E-state index contributed by atoms with van der Waals surface area (Å²) in [6.07, 6.45) is 4.82. The molecule has 32 heavy (non-hydrogen) atoms. The standard InChI is InChI=1S/C21H27ClN4O5S/c22-13-8-7-12(32-13)16-14-15(18(28)26(17(14)27)11-5-2-1-3-6-11)21(25-16,19(29)30)9-4-10-24-20(23)31/h7-8,11,14-16,25H,1-6,9-10H2,(H,29,30)(H3,23,24,31). The Hall–Kier alpha value is -2.17. The van der Waals surface area contributed by atoms with Gasteiger partial charge in [-0.15, -0.1) is 11.3 Å². The Morgan fingerprint density at radius 1 is 1.25 bits per heavy atom. The summed E-state index contributed by atoms with van der Waals surface area (Å²) in [4.78, 5) is 52.9. The monoisotopic (exact) mass is 482 g/mol. The summed E-state index contributed by atoms with van der Waals surface area (Å²) in [5.74, 6) is -3.71. The van der Waals surface area contributed by atoms with Crippen LogP contribution in [0.25, 0.3) is 0 Å². The molecular formula is C21H27ClN4O5S. The summed E-state index contributed by atoms with van der Waals surface area (Å²) in [7, 11) is 0. The van der Waals surface area contributed by atoms with Gasteiger partial charge in [0.2, 0.25) is 11.8 Å². The van der Waals surface area contributed by atoms with Crippen LogP contribution in [-0.2, 0) is 14.4 Å². The van der Waals surface area contributed by atoms with E-state index in [9.17, 15) is 24.3 Å². The second-order valence-corrected chi connectivity index (χ2v) is 10.5. The zero-order chi connectivity index (χ0) is 23.0. The number of likely N-dealkylation sites (tertiary alicyclic amines) is 1. The highest BCUT2D eigenvalue weighted by Gasteiger charge is 2.68. The van der Waals surface area contributed by atoms with E-state index in [1.807, 2.05) is 0 Å². The average Bonchev–Trinajstić information content (AvgIpc) is 3.40. The fraction of sp³-hybridized carbons (Fsp3) is 0.619. The maximum absolute atomic E-state index is 13.6. The van der Waals surface area contributed by atoms with Crippen molar-refractivity contribution in [3.8, 4) is 0 Å². The van der Waals surface area contributed by atoms with Gasteiger partial charge in [-0.25, -0.2) is 4.79 Å². The molecule has 0 bridgehead atoms. The highest BCUT2D eigenvalue weighted by atomic mass is 35.5. The van der Waals surface area contributed by atoms with Crippen molar-refractivity contribution in [2.24, 2.45) is 17.6 Å². The van der Waals surface area contributed by atoms with Gasteiger partial charge < -0.3 is 16.2 Å². The third-order valence-corrected chi connectivity index (χ3v) is 8.27. The molecule has 2 aliphatic heterocycles. The van der Waals surface area contributed by atoms with Crippen LogP contribution in [0.4, 0.5) is 4.79 Å². The number of hydrogen-bond acceptors (Lipinski definition) is 6. The minimum Gasteiger partial charge on any atom is -0.480 e. The summed E-state index contributed by atoms with van der Waals surface area (Å²) >= 11 is 7.40. The minimum atomic E-state index is -1.62. The average molecular weight is 483 g/mol. The number of nitrogens with zero attached hydrogens (tertiary/aromatic N) is 1. The van der Waals surface area contributed by atoms with Crippen molar-refractivity contribution in [3.63, 3.8) is 0 Å². The van der Waals surface area contributed by atoms with E-state index in [-0.39, 0.29) is 31.3 Å². The van der Waals surface area contributed by atoms with Crippen LogP contribution in [0.15, 0.2) is 12.1 Å². The summed E-state index contributed by atoms with van der Waals surface area (Å²) in [5.41, 5.74) is 3.48. The van der Waals surface area contributed by atoms with Crippen molar-refractivity contribution >= 4 is 46.8 Å². The van der Waals surface area contributed by atoms with Gasteiger partial charge in [0.25, 0.3) is 0 Å². The number of nitrogens with two attached hydrogens (primary N) is 1. The molecule has 2 saturated heterocycles. The van der Waals surface area contributed by atoms with Gasteiger partial charge in [-0.3, -0.25) is 24.6 Å². The number of carboxylic acid groups (broad SMARTS) is 1. The van der Waals surface area contributed by atoms with Crippen LogP contribution in [0.2, 0.25) is 4.34 Å². The van der Waals surface area contributed by atoms with Gasteiger partial charge in [0, 0.05) is 17.5 Å². The molecule has 4 unspecified atom stereocenters. The summed E-state index contributed by atoms with van der Waals surface area (Å²) in [6, 6.07) is 1.98. The molecule has 5 N–H and O–H groups in total. The van der Waals surface area contributed by atoms with E-state index in [0.29, 0.717) is 4.34 Å². The van der Waals surface area contributed by atoms with E-state index in [1.54, 1.807) is 12.1 Å². The Kier molecular flexibility index (Phi) is 6.46. The van der Waals surface area contributed by atoms with Crippen LogP contribution in [-0.4, -0.2) is 51.9 Å². The maximum atomic E-state index is 13.6. The van der Waals surface area contributed by atoms with Crippen molar-refractivity contribution in [2.75, 3.05) is 6.54 Å². The Bertz CT molecular complexity index is 933. The van der Waals surface area contributed by atoms with Crippen molar-refractivity contribution in [1.29, 1.82) is 0 Å². The Labute approximate surface area is 194 Å². The molecule has 4 atom stereocenters. The topological polar surface area (TPSA) is 142 Å². The number of nitrogens with one attached hydrogen (secondary N) is 2. The van der Waals surface area contributed by atoms with Gasteiger partial charge in [-0.05, 0) is 37.8 Å². The second-order valence-electron chi connectivity index (χ2n) is 8.78. The molecule has 1 aromatic heterocycles. The lowest BCUT2D eigenvalue weighted by molar-refractivity contribution is -0.153. The molecule has 174 valence electrons. The van der Waals surface area contributed by atoms with Crippen LogP contribution >= 0.6 is 22.9 Å². The number of carbonyl (C=O) groups excluding carboxylic acids is 3. The molecule has 0 spiro atoms. The van der Waals surface area contributed by atoms with E-state index in [0.717, 1.165) is 37.0 Å². The van der Waals surface area contributed by atoms with E-state index in [1.165, 1.54) is 16.2 Å². The molecule has 4 amide bonds. The molecule has 0 aromatic carbocycles. The summed E-state index contributed by atoms with van der Waals surface area (Å²) < 4.78 is 0.526. The molecule has 1 aromatic rings. The predicted molar refractivity (Wildman–Crippen MR) is 118 cm³/mol. The lowest BCUT2D eigenvalue weighted by Gasteiger charge is -2.34. The van der Waals surface area contributed by atoms with Gasteiger partial charge >= 0.3 is 12.0 Å². The molecular weight excluding hydrogens is 456 g/mol. The highest BCUT2D eigenvalue weighted by Crippen LogP contribution is 2.52. The van der Waals surface area contributed by atoms with Crippen molar-refractivity contribution < 1.29 is 24.3 Å². The first kappa shape index (κ1) is 23.0. The van der Waals surface area contributed by atoms with Crippen molar-refractivity contribution in [3.05, 3.63) is 21.3 Å². The maximum Gasteiger partial charge on any atom is 0.324 e. The number of fused-ring (bicyclic) bond motifs is 1. The van der Waals surface area contributed by atoms with E-state index < -0.39 is 41.3 Å². The lowest BCUT2D eigenvalue weighted by Crippen LogP contribution is -2.56. The van der Waals surface area contributed by atoms with Gasteiger partial charge in [0.05, 0.1) is 22.2 Å². The van der Waals surface area contributed by atoms with Crippen LogP contribution in [0, 0.1) is 11.8 Å². The first-order valence-electron chi connectivity index (χ1n) is 10.9. The van der Waals surface area contributed by atoms with E-state index in [2.05, 4.69) is 10.6 Å². The van der Waals surface area contributed by atoms with Crippen LogP contribution in [0.5, 0.6) is 0 Å². The SMILES string of the molecule is NC(=O)NCCCC1(C(=O)O)NC(c2ccc(Cl)s2)C2C(=O)N(C3CCCCC3)C(=O)C21. The molecule has 4 rings (SSSR count). The molecule has 3 aliphatic rings. The Morgan fingerprint density at radius 3 is 2.56 bits per heavy atom. The van der Waals surface area contributed by atoms with Gasteiger partial charge in [-0.1, -0.05) is 30.9 Å². The largest absolute Gasteiger partial charge is 0.480 e. The molecule has 1 saturated carbocycles. The van der Waals surface area contributed by atoms with E-state index >= 15 is 0 Å². The lowest BCUT2D eigenvalue weighted by atomic mass is 9.77. The second kappa shape index (κ2) is 8.99. The fourth-order valence-corrected chi connectivity index (χ4v) is 6.74. The molecule has 0 radical (unpaired) electrons. The van der Waals surface area contributed by atoms with Crippen molar-refractivity contribution in [1.82, 2.24) is 15.5 Å². The van der Waals surface area contributed by atoms with Gasteiger partial charge in [-0.2, -0.15) is 0 Å². The molecule has 11 heteroatoms. The third-order valence-electron chi connectivity index (χ3n) is 6.96. The number of primary amides is 1. The summed E-state index contributed by atoms with van der Waals surface area (Å²) in [6.45, 7) is 0.174. The molecule has 3 fully saturated rings. The Balaban J connectivity index is 1.70. The number of carboxylic acids is 1. The molecule has 9 nitrogen and oxygen atoms in total. The quantitative estimate of drug-likeness (QED) is 0.347. The van der Waals surface area contributed by atoms with Gasteiger partial charge in [0.15, 0.2) is 0 Å². The number of imide groups is 1. The zero-order valence-corrected chi connectivity index (χ0v) is 19.1. The van der Waals surface area contributed by atoms with Crippen molar-refractivity contribution in [2.45, 2.75) is 62.6 Å². The van der Waals surface area contributed by atoms with Crippen LogP contribution in [0.3, 0.4) is 0 Å². The molecule has 3 heterocycles. The predicted octanol–water partition coefficient (Wildman–Crippen LogP) is 2.25. The first-order chi connectivity index (χ1) is 15.3. The van der Waals surface area contributed by atoms with Crippen LogP contribution in [0.1, 0.15) is 55.9 Å². The number of carbonyl (C=O) groups is 4. The number of aliphatic carboxylic acids is 1. The number of amides is 4. The third kappa shape index (κ3) is 3.88. The number of rotatable bonds is 7. The first-order valence-corrected chi connectivity index (χ1v) is 12.1. The molecule has 1 aliphatic carbocycles. The van der Waals surface area contributed by atoms with Crippen LogP contribution < -0.4 is 16.4 Å². The number of thiophene rings is 1. The number of urea groups is 1. The van der Waals surface area contributed by atoms with Gasteiger partial charge in [0.1, 0.15) is 5.54 Å². The highest BCUT2D eigenvalue weighted by molar-refractivity contribution is 7.16. The zero-order valence-electron chi connectivity index (χ0n) is 17.5. The normalized spacial score (nSPS) is 30.5.